The van der Waals surface area contributed by atoms with Gasteiger partial charge in [-0.25, -0.2) is 4.39 Å². The number of rotatable bonds is 4. The van der Waals surface area contributed by atoms with Crippen LogP contribution < -0.4 is 20.8 Å². The van der Waals surface area contributed by atoms with Crippen molar-refractivity contribution in [1.29, 1.82) is 0 Å². The number of carboxylic acids is 1. The zero-order valence-corrected chi connectivity index (χ0v) is 18.4. The molecule has 3 N–H and O–H groups in total. The fourth-order valence-electron chi connectivity index (χ4n) is 3.92. The molecule has 4 rings (SSSR count). The Morgan fingerprint density at radius 2 is 1.97 bits per heavy atom. The molecule has 0 spiro atoms. The van der Waals surface area contributed by atoms with Gasteiger partial charge in [-0.1, -0.05) is 17.2 Å². The fraction of sp³-hybridized carbons (Fsp3) is 0.455. The van der Waals surface area contributed by atoms with E-state index in [2.05, 4.69) is 4.57 Å². The lowest BCUT2D eigenvalue weighted by molar-refractivity contribution is -0.134. The maximum absolute atomic E-state index is 15.1. The van der Waals surface area contributed by atoms with Crippen molar-refractivity contribution in [2.45, 2.75) is 38.6 Å². The summed E-state index contributed by atoms with van der Waals surface area (Å²) in [7, 11) is 1.53. The third-order valence-corrected chi connectivity index (χ3v) is 5.90. The van der Waals surface area contributed by atoms with Gasteiger partial charge < -0.3 is 25.0 Å². The van der Waals surface area contributed by atoms with Crippen LogP contribution >= 0.6 is 11.6 Å². The minimum atomic E-state index is -0.833. The lowest BCUT2D eigenvalue weighted by atomic mass is 10.0. The van der Waals surface area contributed by atoms with E-state index in [-0.39, 0.29) is 5.43 Å². The molecule has 1 saturated heterocycles. The molecule has 2 aliphatic rings. The molecular formula is C22H27ClFN3O4. The third-order valence-electron chi connectivity index (χ3n) is 5.48. The van der Waals surface area contributed by atoms with Crippen molar-refractivity contribution in [3.05, 3.63) is 45.0 Å². The molecule has 2 fully saturated rings. The van der Waals surface area contributed by atoms with Gasteiger partial charge in [0.15, 0.2) is 17.0 Å². The number of halogens is 2. The van der Waals surface area contributed by atoms with Crippen molar-refractivity contribution in [3.8, 4) is 5.75 Å². The molecular weight excluding hydrogens is 425 g/mol. The number of methoxy groups -OCH3 is 1. The quantitative estimate of drug-likeness (QED) is 0.736. The van der Waals surface area contributed by atoms with Crippen molar-refractivity contribution in [2.24, 2.45) is 5.73 Å². The zero-order valence-electron chi connectivity index (χ0n) is 17.7. The number of piperidine rings is 1. The molecule has 168 valence electrons. The molecule has 0 atom stereocenters. The van der Waals surface area contributed by atoms with Gasteiger partial charge in [-0.2, -0.15) is 0 Å². The highest BCUT2D eigenvalue weighted by atomic mass is 35.5. The van der Waals surface area contributed by atoms with Gasteiger partial charge >= 0.3 is 0 Å². The summed E-state index contributed by atoms with van der Waals surface area (Å²) in [5.74, 6) is -0.825. The predicted molar refractivity (Wildman–Crippen MR) is 120 cm³/mol. The summed E-state index contributed by atoms with van der Waals surface area (Å²) in [6.45, 7) is 2.67. The number of pyridine rings is 1. The third kappa shape index (κ3) is 5.02. The largest absolute Gasteiger partial charge is 0.492 e. The maximum atomic E-state index is 15.1. The number of aliphatic carboxylic acids is 1. The van der Waals surface area contributed by atoms with E-state index in [1.165, 1.54) is 19.2 Å². The number of anilines is 1. The van der Waals surface area contributed by atoms with E-state index in [9.17, 15) is 4.79 Å². The first-order valence-electron chi connectivity index (χ1n) is 10.2. The Morgan fingerprint density at radius 1 is 1.35 bits per heavy atom. The molecule has 1 aromatic carbocycles. The SMILES string of the molecule is CC(=O)O.COc1c(N2CCC(=C(Cl)CN)CC2)c(F)cc2c(=O)ccn(C3CC3)c12. The predicted octanol–water partition coefficient (Wildman–Crippen LogP) is 3.63. The van der Waals surface area contributed by atoms with E-state index < -0.39 is 11.8 Å². The fourth-order valence-corrected chi connectivity index (χ4v) is 4.11. The number of carbonyl (C=O) groups is 1. The smallest absolute Gasteiger partial charge is 0.300 e. The Morgan fingerprint density at radius 3 is 2.48 bits per heavy atom. The number of carboxylic acid groups (broad SMARTS) is 1. The first-order valence-corrected chi connectivity index (χ1v) is 10.6. The number of benzene rings is 1. The normalized spacial score (nSPS) is 16.0. The first kappa shape index (κ1) is 23.1. The Balaban J connectivity index is 0.000000628. The monoisotopic (exact) mass is 451 g/mol. The molecule has 1 aromatic heterocycles. The van der Waals surface area contributed by atoms with Crippen molar-refractivity contribution < 1.29 is 19.0 Å². The van der Waals surface area contributed by atoms with Crippen LogP contribution in [0.15, 0.2) is 33.7 Å². The highest BCUT2D eigenvalue weighted by Gasteiger charge is 2.30. The Labute approximate surface area is 184 Å². The number of nitrogens with zero attached hydrogens (tertiary/aromatic N) is 2. The average Bonchev–Trinajstić information content (AvgIpc) is 3.58. The number of ether oxygens (including phenoxy) is 1. The van der Waals surface area contributed by atoms with E-state index in [0.29, 0.717) is 53.0 Å². The van der Waals surface area contributed by atoms with Crippen LogP contribution in [0.2, 0.25) is 0 Å². The van der Waals surface area contributed by atoms with Crippen molar-refractivity contribution in [2.75, 3.05) is 31.6 Å². The number of aromatic nitrogens is 1. The van der Waals surface area contributed by atoms with Crippen LogP contribution in [0.3, 0.4) is 0 Å². The second kappa shape index (κ2) is 9.70. The molecule has 31 heavy (non-hydrogen) atoms. The summed E-state index contributed by atoms with van der Waals surface area (Å²) in [6, 6.07) is 3.21. The lowest BCUT2D eigenvalue weighted by Gasteiger charge is -2.32. The molecule has 0 unspecified atom stereocenters. The van der Waals surface area contributed by atoms with Crippen LogP contribution in [0.5, 0.6) is 5.75 Å². The van der Waals surface area contributed by atoms with Gasteiger partial charge in [0.05, 0.1) is 18.0 Å². The number of hydrogen-bond acceptors (Lipinski definition) is 5. The van der Waals surface area contributed by atoms with Gasteiger partial charge in [-0.3, -0.25) is 9.59 Å². The Hall–Kier alpha value is -2.58. The van der Waals surface area contributed by atoms with E-state index in [1.807, 2.05) is 4.90 Å². The molecule has 9 heteroatoms. The molecule has 1 aliphatic heterocycles. The molecule has 1 aliphatic carbocycles. The summed E-state index contributed by atoms with van der Waals surface area (Å²) in [4.78, 5) is 23.3. The van der Waals surface area contributed by atoms with Crippen molar-refractivity contribution in [3.63, 3.8) is 0 Å². The number of hydrogen-bond donors (Lipinski definition) is 2. The van der Waals surface area contributed by atoms with Crippen LogP contribution in [-0.4, -0.2) is 42.4 Å². The van der Waals surface area contributed by atoms with E-state index >= 15 is 4.39 Å². The molecule has 7 nitrogen and oxygen atoms in total. The minimum absolute atomic E-state index is 0.191. The maximum Gasteiger partial charge on any atom is 0.300 e. The van der Waals surface area contributed by atoms with Crippen LogP contribution in [0.25, 0.3) is 10.9 Å². The minimum Gasteiger partial charge on any atom is -0.492 e. The highest BCUT2D eigenvalue weighted by Crippen LogP contribution is 2.44. The van der Waals surface area contributed by atoms with Gasteiger partial charge in [0.2, 0.25) is 0 Å². The zero-order chi connectivity index (χ0) is 22.7. The van der Waals surface area contributed by atoms with Gasteiger partial charge in [0.1, 0.15) is 5.69 Å². The Kier molecular flexibility index (Phi) is 7.23. The van der Waals surface area contributed by atoms with E-state index in [1.54, 1.807) is 6.20 Å². The van der Waals surface area contributed by atoms with Crippen LogP contribution in [-0.2, 0) is 4.79 Å². The first-order chi connectivity index (χ1) is 14.8. The van der Waals surface area contributed by atoms with Gasteiger partial charge in [0, 0.05) is 49.9 Å². The second-order valence-corrected chi connectivity index (χ2v) is 8.13. The van der Waals surface area contributed by atoms with E-state index in [0.717, 1.165) is 38.2 Å². The standard InChI is InChI=1S/C20H23ClFN3O2.C2H4O2/c1-27-20-18-14(17(26)6-9-25(18)13-2-3-13)10-16(22)19(20)24-7-4-12(5-8-24)15(21)11-23;1-2(3)4/h6,9-10,13H,2-5,7-8,11,23H2,1H3;1H3,(H,3,4). The van der Waals surface area contributed by atoms with Crippen molar-refractivity contribution in [1.82, 2.24) is 4.57 Å². The summed E-state index contributed by atoms with van der Waals surface area (Å²) >= 11 is 6.19. The van der Waals surface area contributed by atoms with Gasteiger partial charge in [-0.05, 0) is 31.7 Å². The van der Waals surface area contributed by atoms with Gasteiger partial charge in [-0.15, -0.1) is 0 Å². The molecule has 2 heterocycles. The average molecular weight is 452 g/mol. The number of fused-ring (bicyclic) bond motifs is 1. The van der Waals surface area contributed by atoms with Crippen LogP contribution in [0.1, 0.15) is 38.6 Å². The summed E-state index contributed by atoms with van der Waals surface area (Å²) < 4.78 is 22.8. The molecule has 2 aromatic rings. The lowest BCUT2D eigenvalue weighted by Crippen LogP contribution is -2.32. The highest BCUT2D eigenvalue weighted by molar-refractivity contribution is 6.30. The van der Waals surface area contributed by atoms with E-state index in [4.69, 9.17) is 32.0 Å². The molecule has 0 bridgehead atoms. The molecule has 0 radical (unpaired) electrons. The van der Waals surface area contributed by atoms with Gasteiger partial charge in [0.25, 0.3) is 5.97 Å². The second-order valence-electron chi connectivity index (χ2n) is 7.67. The molecule has 1 saturated carbocycles. The Bertz CT molecular complexity index is 1060. The van der Waals surface area contributed by atoms with Crippen LogP contribution in [0, 0.1) is 5.82 Å². The topological polar surface area (TPSA) is 97.8 Å². The molecule has 0 amide bonds. The number of nitrogens with two attached hydrogens (primary N) is 1. The van der Waals surface area contributed by atoms with Crippen molar-refractivity contribution >= 4 is 34.2 Å². The summed E-state index contributed by atoms with van der Waals surface area (Å²) in [6.07, 6.45) is 5.39. The summed E-state index contributed by atoms with van der Waals surface area (Å²) in [5.41, 5.74) is 7.68. The summed E-state index contributed by atoms with van der Waals surface area (Å²) in [5, 5.41) is 8.48. The van der Waals surface area contributed by atoms with Crippen LogP contribution in [0.4, 0.5) is 10.1 Å².